The van der Waals surface area contributed by atoms with Crippen LogP contribution < -0.4 is 0 Å². The van der Waals surface area contributed by atoms with E-state index >= 15 is 0 Å². The van der Waals surface area contributed by atoms with Crippen LogP contribution in [0, 0.1) is 5.92 Å². The van der Waals surface area contributed by atoms with Crippen LogP contribution >= 0.6 is 0 Å². The Bertz CT molecular complexity index is 231. The van der Waals surface area contributed by atoms with E-state index in [1.54, 1.807) is 12.4 Å². The predicted octanol–water partition coefficient (Wildman–Crippen LogP) is 1.17. The topological polar surface area (TPSA) is 46.0 Å². The summed E-state index contributed by atoms with van der Waals surface area (Å²) in [6.45, 7) is 4.22. The summed E-state index contributed by atoms with van der Waals surface area (Å²) in [6, 6.07) is 0. The first kappa shape index (κ1) is 9.13. The van der Waals surface area contributed by atoms with Crippen molar-refractivity contribution in [3.05, 3.63) is 23.8 Å². The monoisotopic (exact) mass is 166 g/mol. The van der Waals surface area contributed by atoms with E-state index in [4.69, 9.17) is 5.11 Å². The molecule has 1 heterocycles. The molecule has 0 spiro atoms. The zero-order chi connectivity index (χ0) is 8.97. The zero-order valence-electron chi connectivity index (χ0n) is 7.49. The van der Waals surface area contributed by atoms with E-state index in [1.165, 1.54) is 0 Å². The van der Waals surface area contributed by atoms with Gasteiger partial charge >= 0.3 is 0 Å². The number of aliphatic hydroxyl groups excluding tert-OH is 1. The summed E-state index contributed by atoms with van der Waals surface area (Å²) in [6.07, 6.45) is 4.54. The minimum Gasteiger partial charge on any atom is -0.388 e. The third-order valence-electron chi connectivity index (χ3n) is 1.54. The van der Waals surface area contributed by atoms with Crippen molar-refractivity contribution in [2.75, 3.05) is 0 Å². The van der Waals surface area contributed by atoms with E-state index in [0.29, 0.717) is 11.7 Å². The van der Waals surface area contributed by atoms with Gasteiger partial charge in [-0.25, -0.2) is 9.97 Å². The molecule has 0 atom stereocenters. The SMILES string of the molecule is CC(C)Cc1cnc(CO)nc1. The second-order valence-corrected chi connectivity index (χ2v) is 3.26. The number of hydrogen-bond donors (Lipinski definition) is 1. The van der Waals surface area contributed by atoms with Gasteiger partial charge in [-0.05, 0) is 17.9 Å². The Balaban J connectivity index is 2.65. The first-order chi connectivity index (χ1) is 5.72. The summed E-state index contributed by atoms with van der Waals surface area (Å²) in [5.41, 5.74) is 1.13. The van der Waals surface area contributed by atoms with Crippen molar-refractivity contribution < 1.29 is 5.11 Å². The molecule has 0 bridgehead atoms. The van der Waals surface area contributed by atoms with Crippen LogP contribution in [-0.2, 0) is 13.0 Å². The van der Waals surface area contributed by atoms with Crippen molar-refractivity contribution >= 4 is 0 Å². The third kappa shape index (κ3) is 2.58. The molecule has 0 radical (unpaired) electrons. The Labute approximate surface area is 72.5 Å². The van der Waals surface area contributed by atoms with Crippen LogP contribution in [0.15, 0.2) is 12.4 Å². The normalized spacial score (nSPS) is 10.7. The van der Waals surface area contributed by atoms with Crippen LogP contribution in [0.3, 0.4) is 0 Å². The van der Waals surface area contributed by atoms with E-state index in [2.05, 4.69) is 23.8 Å². The van der Waals surface area contributed by atoms with Crippen LogP contribution in [0.1, 0.15) is 25.2 Å². The first-order valence-electron chi connectivity index (χ1n) is 4.13. The molecule has 66 valence electrons. The maximum Gasteiger partial charge on any atom is 0.153 e. The number of aromatic nitrogens is 2. The van der Waals surface area contributed by atoms with Gasteiger partial charge in [0.15, 0.2) is 5.82 Å². The molecule has 3 nitrogen and oxygen atoms in total. The minimum atomic E-state index is -0.0814. The zero-order valence-corrected chi connectivity index (χ0v) is 7.49. The Morgan fingerprint density at radius 3 is 2.33 bits per heavy atom. The molecule has 0 saturated carbocycles. The van der Waals surface area contributed by atoms with Gasteiger partial charge < -0.3 is 5.11 Å². The molecule has 0 aromatic carbocycles. The predicted molar refractivity (Wildman–Crippen MR) is 46.5 cm³/mol. The van der Waals surface area contributed by atoms with Crippen molar-refractivity contribution in [3.8, 4) is 0 Å². The standard InChI is InChI=1S/C9H14N2O/c1-7(2)3-8-4-10-9(6-12)11-5-8/h4-5,7,12H,3,6H2,1-2H3. The van der Waals surface area contributed by atoms with Crippen molar-refractivity contribution in [1.29, 1.82) is 0 Å². The van der Waals surface area contributed by atoms with Crippen LogP contribution in [0.25, 0.3) is 0 Å². The highest BCUT2D eigenvalue weighted by molar-refractivity contribution is 5.05. The maximum absolute atomic E-state index is 8.69. The lowest BCUT2D eigenvalue weighted by Crippen LogP contribution is -1.99. The molecule has 0 aliphatic heterocycles. The average molecular weight is 166 g/mol. The molecule has 1 aromatic heterocycles. The molecule has 0 amide bonds. The van der Waals surface area contributed by atoms with Crippen molar-refractivity contribution in [1.82, 2.24) is 9.97 Å². The molecule has 0 saturated heterocycles. The van der Waals surface area contributed by atoms with Gasteiger partial charge in [0.1, 0.15) is 6.61 Å². The van der Waals surface area contributed by atoms with E-state index in [1.807, 2.05) is 0 Å². The minimum absolute atomic E-state index is 0.0814. The number of hydrogen-bond acceptors (Lipinski definition) is 3. The molecular formula is C9H14N2O. The van der Waals surface area contributed by atoms with E-state index in [0.717, 1.165) is 12.0 Å². The van der Waals surface area contributed by atoms with Crippen molar-refractivity contribution in [2.24, 2.45) is 5.92 Å². The molecule has 0 fully saturated rings. The van der Waals surface area contributed by atoms with Crippen molar-refractivity contribution in [3.63, 3.8) is 0 Å². The van der Waals surface area contributed by atoms with E-state index < -0.39 is 0 Å². The maximum atomic E-state index is 8.69. The van der Waals surface area contributed by atoms with Gasteiger partial charge in [0, 0.05) is 12.4 Å². The Hall–Kier alpha value is -0.960. The summed E-state index contributed by atoms with van der Waals surface area (Å²) in [5.74, 6) is 1.11. The molecule has 1 N–H and O–H groups in total. The fraction of sp³-hybridized carbons (Fsp3) is 0.556. The van der Waals surface area contributed by atoms with Gasteiger partial charge in [0.2, 0.25) is 0 Å². The molecule has 0 aliphatic carbocycles. The highest BCUT2D eigenvalue weighted by Crippen LogP contribution is 2.04. The van der Waals surface area contributed by atoms with Gasteiger partial charge in [-0.15, -0.1) is 0 Å². The highest BCUT2D eigenvalue weighted by Gasteiger charge is 1.98. The average Bonchev–Trinajstić information content (AvgIpc) is 2.05. The lowest BCUT2D eigenvalue weighted by Gasteiger charge is -2.03. The second-order valence-electron chi connectivity index (χ2n) is 3.26. The fourth-order valence-corrected chi connectivity index (χ4v) is 1.04. The van der Waals surface area contributed by atoms with E-state index in [-0.39, 0.29) is 6.61 Å². The molecular weight excluding hydrogens is 152 g/mol. The van der Waals surface area contributed by atoms with Gasteiger partial charge in [0.25, 0.3) is 0 Å². The van der Waals surface area contributed by atoms with E-state index in [9.17, 15) is 0 Å². The molecule has 0 aliphatic rings. The van der Waals surface area contributed by atoms with Gasteiger partial charge in [-0.1, -0.05) is 13.8 Å². The van der Waals surface area contributed by atoms with Gasteiger partial charge in [0.05, 0.1) is 0 Å². The first-order valence-corrected chi connectivity index (χ1v) is 4.13. The highest BCUT2D eigenvalue weighted by atomic mass is 16.3. The molecule has 1 aromatic rings. The van der Waals surface area contributed by atoms with Crippen LogP contribution in [0.5, 0.6) is 0 Å². The Kier molecular flexibility index (Phi) is 3.17. The Morgan fingerprint density at radius 2 is 1.92 bits per heavy atom. The second kappa shape index (κ2) is 4.16. The summed E-state index contributed by atoms with van der Waals surface area (Å²) in [7, 11) is 0. The van der Waals surface area contributed by atoms with Crippen LogP contribution in [-0.4, -0.2) is 15.1 Å². The van der Waals surface area contributed by atoms with Crippen LogP contribution in [0.4, 0.5) is 0 Å². The molecule has 1 rings (SSSR count). The summed E-state index contributed by atoms with van der Waals surface area (Å²) < 4.78 is 0. The summed E-state index contributed by atoms with van der Waals surface area (Å²) in [5, 5.41) is 8.69. The summed E-state index contributed by atoms with van der Waals surface area (Å²) in [4.78, 5) is 7.98. The van der Waals surface area contributed by atoms with Crippen molar-refractivity contribution in [2.45, 2.75) is 26.9 Å². The number of aliphatic hydroxyl groups is 1. The quantitative estimate of drug-likeness (QED) is 0.733. The fourth-order valence-electron chi connectivity index (χ4n) is 1.04. The smallest absolute Gasteiger partial charge is 0.153 e. The molecule has 3 heteroatoms. The summed E-state index contributed by atoms with van der Waals surface area (Å²) >= 11 is 0. The number of nitrogens with zero attached hydrogens (tertiary/aromatic N) is 2. The number of rotatable bonds is 3. The largest absolute Gasteiger partial charge is 0.388 e. The van der Waals surface area contributed by atoms with Crippen LogP contribution in [0.2, 0.25) is 0 Å². The van der Waals surface area contributed by atoms with Gasteiger partial charge in [-0.3, -0.25) is 0 Å². The lowest BCUT2D eigenvalue weighted by atomic mass is 10.1. The molecule has 12 heavy (non-hydrogen) atoms. The third-order valence-corrected chi connectivity index (χ3v) is 1.54. The Morgan fingerprint density at radius 1 is 1.33 bits per heavy atom. The van der Waals surface area contributed by atoms with Gasteiger partial charge in [-0.2, -0.15) is 0 Å². The lowest BCUT2D eigenvalue weighted by molar-refractivity contribution is 0.271. The molecule has 0 unspecified atom stereocenters.